The lowest BCUT2D eigenvalue weighted by Crippen LogP contribution is -2.42. The molecule has 2 amide bonds. The SMILES string of the molecule is Cc1cc(C)nc(SCC(=O)N(Cc2ccc(Cl)cc2)C(C(=O)Nc2ccc3c(c2)OCO3)c2cccc(F)c2)n1. The van der Waals surface area contributed by atoms with Crippen molar-refractivity contribution >= 4 is 40.9 Å². The van der Waals surface area contributed by atoms with Crippen LogP contribution in [0.2, 0.25) is 5.02 Å². The Hall–Kier alpha value is -4.15. The van der Waals surface area contributed by atoms with Crippen molar-refractivity contribution in [2.75, 3.05) is 17.9 Å². The predicted octanol–water partition coefficient (Wildman–Crippen LogP) is 6.12. The number of carbonyl (C=O) groups excluding carboxylic acids is 2. The summed E-state index contributed by atoms with van der Waals surface area (Å²) in [4.78, 5) is 38.1. The number of aryl methyl sites for hydroxylation is 2. The summed E-state index contributed by atoms with van der Waals surface area (Å²) >= 11 is 7.26. The van der Waals surface area contributed by atoms with Crippen molar-refractivity contribution in [3.63, 3.8) is 0 Å². The summed E-state index contributed by atoms with van der Waals surface area (Å²) in [7, 11) is 0. The molecule has 5 rings (SSSR count). The van der Waals surface area contributed by atoms with E-state index >= 15 is 0 Å². The second-order valence-electron chi connectivity index (χ2n) is 9.38. The fourth-order valence-electron chi connectivity index (χ4n) is 4.41. The molecule has 0 saturated heterocycles. The van der Waals surface area contributed by atoms with Gasteiger partial charge in [0.25, 0.3) is 5.91 Å². The van der Waals surface area contributed by atoms with Crippen molar-refractivity contribution in [3.05, 3.63) is 106 Å². The molecule has 3 aromatic carbocycles. The van der Waals surface area contributed by atoms with Crippen LogP contribution < -0.4 is 14.8 Å². The van der Waals surface area contributed by atoms with Gasteiger partial charge in [-0.15, -0.1) is 0 Å². The van der Waals surface area contributed by atoms with Crippen LogP contribution in [-0.4, -0.2) is 39.2 Å². The molecule has 210 valence electrons. The van der Waals surface area contributed by atoms with Crippen molar-refractivity contribution in [2.45, 2.75) is 31.6 Å². The molecule has 8 nitrogen and oxygen atoms in total. The number of hydrogen-bond donors (Lipinski definition) is 1. The first-order chi connectivity index (χ1) is 19.7. The third-order valence-corrected chi connectivity index (χ3v) is 7.32. The average Bonchev–Trinajstić information content (AvgIpc) is 3.40. The molecule has 1 aliphatic rings. The third-order valence-electron chi connectivity index (χ3n) is 6.24. The highest BCUT2D eigenvalue weighted by molar-refractivity contribution is 7.99. The molecule has 41 heavy (non-hydrogen) atoms. The Morgan fingerprint density at radius 3 is 2.46 bits per heavy atom. The lowest BCUT2D eigenvalue weighted by Gasteiger charge is -2.31. The maximum absolute atomic E-state index is 14.4. The number of ether oxygens (including phenoxy) is 2. The molecule has 0 spiro atoms. The highest BCUT2D eigenvalue weighted by Gasteiger charge is 2.32. The Kier molecular flexibility index (Phi) is 8.70. The largest absolute Gasteiger partial charge is 0.454 e. The maximum atomic E-state index is 14.4. The zero-order valence-corrected chi connectivity index (χ0v) is 23.8. The van der Waals surface area contributed by atoms with Crippen molar-refractivity contribution in [1.82, 2.24) is 14.9 Å². The van der Waals surface area contributed by atoms with Gasteiger partial charge in [0.05, 0.1) is 5.75 Å². The first-order valence-electron chi connectivity index (χ1n) is 12.7. The summed E-state index contributed by atoms with van der Waals surface area (Å²) in [5.41, 5.74) is 3.07. The highest BCUT2D eigenvalue weighted by atomic mass is 35.5. The Morgan fingerprint density at radius 1 is 1.00 bits per heavy atom. The molecule has 0 fully saturated rings. The molecule has 1 aromatic heterocycles. The van der Waals surface area contributed by atoms with Gasteiger partial charge in [-0.05, 0) is 67.4 Å². The van der Waals surface area contributed by atoms with Crippen LogP contribution in [-0.2, 0) is 16.1 Å². The number of nitrogens with zero attached hydrogens (tertiary/aromatic N) is 3. The molecule has 0 radical (unpaired) electrons. The summed E-state index contributed by atoms with van der Waals surface area (Å²) in [6.45, 7) is 3.87. The van der Waals surface area contributed by atoms with Crippen molar-refractivity contribution in [1.29, 1.82) is 0 Å². The molecule has 11 heteroatoms. The molecule has 0 aliphatic carbocycles. The van der Waals surface area contributed by atoms with E-state index in [2.05, 4.69) is 15.3 Å². The third kappa shape index (κ3) is 7.14. The molecular weight excluding hydrogens is 567 g/mol. The van der Waals surface area contributed by atoms with Crippen molar-refractivity contribution < 1.29 is 23.5 Å². The summed E-state index contributed by atoms with van der Waals surface area (Å²) < 4.78 is 25.2. The summed E-state index contributed by atoms with van der Waals surface area (Å²) in [6.07, 6.45) is 0. The first-order valence-corrected chi connectivity index (χ1v) is 14.1. The Balaban J connectivity index is 1.49. The van der Waals surface area contributed by atoms with Crippen LogP contribution in [0.4, 0.5) is 10.1 Å². The molecule has 0 bridgehead atoms. The van der Waals surface area contributed by atoms with E-state index in [0.29, 0.717) is 32.9 Å². The number of carbonyl (C=O) groups is 2. The number of halogens is 2. The van der Waals surface area contributed by atoms with Gasteiger partial charge in [-0.1, -0.05) is 47.6 Å². The monoisotopic (exact) mass is 592 g/mol. The lowest BCUT2D eigenvalue weighted by molar-refractivity contribution is -0.137. The molecule has 0 saturated carbocycles. The van der Waals surface area contributed by atoms with Crippen LogP contribution in [0.5, 0.6) is 11.5 Å². The quantitative estimate of drug-likeness (QED) is 0.185. The van der Waals surface area contributed by atoms with E-state index in [9.17, 15) is 14.0 Å². The van der Waals surface area contributed by atoms with Crippen LogP contribution in [0.1, 0.15) is 28.6 Å². The lowest BCUT2D eigenvalue weighted by atomic mass is 10.0. The van der Waals surface area contributed by atoms with Gasteiger partial charge in [0.2, 0.25) is 12.7 Å². The number of anilines is 1. The fourth-order valence-corrected chi connectivity index (χ4v) is 5.37. The molecule has 1 unspecified atom stereocenters. The number of aromatic nitrogens is 2. The van der Waals surface area contributed by atoms with Crippen LogP contribution in [0.3, 0.4) is 0 Å². The minimum atomic E-state index is -1.17. The van der Waals surface area contributed by atoms with E-state index in [1.807, 2.05) is 19.9 Å². The molecular formula is C30H26ClFN4O4S. The highest BCUT2D eigenvalue weighted by Crippen LogP contribution is 2.35. The van der Waals surface area contributed by atoms with Crippen LogP contribution >= 0.6 is 23.4 Å². The average molecular weight is 593 g/mol. The number of thioether (sulfide) groups is 1. The Bertz CT molecular complexity index is 1570. The number of fused-ring (bicyclic) bond motifs is 1. The minimum absolute atomic E-state index is 0.0421. The van der Waals surface area contributed by atoms with Gasteiger partial charge in [0.15, 0.2) is 16.7 Å². The number of benzene rings is 3. The Labute approximate surface area is 245 Å². The second-order valence-corrected chi connectivity index (χ2v) is 10.8. The second kappa shape index (κ2) is 12.6. The normalized spacial score (nSPS) is 12.6. The van der Waals surface area contributed by atoms with E-state index in [-0.39, 0.29) is 25.0 Å². The number of amides is 2. The van der Waals surface area contributed by atoms with E-state index in [0.717, 1.165) is 17.0 Å². The van der Waals surface area contributed by atoms with E-state index in [4.69, 9.17) is 21.1 Å². The molecule has 1 atom stereocenters. The number of hydrogen-bond acceptors (Lipinski definition) is 7. The van der Waals surface area contributed by atoms with Gasteiger partial charge >= 0.3 is 0 Å². The van der Waals surface area contributed by atoms with Crippen molar-refractivity contribution in [2.24, 2.45) is 0 Å². The summed E-state index contributed by atoms with van der Waals surface area (Å²) in [6, 6.07) is 18.3. The maximum Gasteiger partial charge on any atom is 0.251 e. The topological polar surface area (TPSA) is 93.7 Å². The first kappa shape index (κ1) is 28.4. The smallest absolute Gasteiger partial charge is 0.251 e. The zero-order valence-electron chi connectivity index (χ0n) is 22.3. The van der Waals surface area contributed by atoms with E-state index in [1.54, 1.807) is 48.5 Å². The number of nitrogens with one attached hydrogen (secondary N) is 1. The minimum Gasteiger partial charge on any atom is -0.454 e. The molecule has 2 heterocycles. The van der Waals surface area contributed by atoms with Crippen LogP contribution in [0, 0.1) is 19.7 Å². The Morgan fingerprint density at radius 2 is 1.73 bits per heavy atom. The standard InChI is InChI=1S/C30H26ClFN4O4S/c1-18-12-19(2)34-30(33-18)41-16-27(37)36(15-20-6-8-22(31)9-7-20)28(21-4-3-5-23(32)13-21)29(38)35-24-10-11-25-26(14-24)40-17-39-25/h3-14,28H,15-17H2,1-2H3,(H,35,38). The molecule has 1 aliphatic heterocycles. The van der Waals surface area contributed by atoms with Gasteiger partial charge in [-0.3, -0.25) is 9.59 Å². The van der Waals surface area contributed by atoms with Gasteiger partial charge < -0.3 is 19.7 Å². The van der Waals surface area contributed by atoms with Crippen molar-refractivity contribution in [3.8, 4) is 11.5 Å². The zero-order chi connectivity index (χ0) is 28.9. The molecule has 4 aromatic rings. The summed E-state index contributed by atoms with van der Waals surface area (Å²) in [5, 5.41) is 3.86. The van der Waals surface area contributed by atoms with E-state index in [1.165, 1.54) is 34.9 Å². The van der Waals surface area contributed by atoms with Gasteiger partial charge in [0.1, 0.15) is 11.9 Å². The number of rotatable bonds is 9. The van der Waals surface area contributed by atoms with E-state index < -0.39 is 17.8 Å². The van der Waals surface area contributed by atoms with Crippen LogP contribution in [0.25, 0.3) is 0 Å². The predicted molar refractivity (Wildman–Crippen MR) is 155 cm³/mol. The fraction of sp³-hybridized carbons (Fsp3) is 0.200. The summed E-state index contributed by atoms with van der Waals surface area (Å²) in [5.74, 6) is -0.397. The van der Waals surface area contributed by atoms with Crippen LogP contribution in [0.15, 0.2) is 78.0 Å². The van der Waals surface area contributed by atoms with Gasteiger partial charge in [-0.2, -0.15) is 0 Å². The molecule has 1 N–H and O–H groups in total. The van der Waals surface area contributed by atoms with Gasteiger partial charge in [0, 0.05) is 34.7 Å². The van der Waals surface area contributed by atoms with Gasteiger partial charge in [-0.25, -0.2) is 14.4 Å².